The maximum absolute atomic E-state index is 13.7. The van der Waals surface area contributed by atoms with Crippen molar-refractivity contribution in [2.24, 2.45) is 0 Å². The van der Waals surface area contributed by atoms with Gasteiger partial charge in [-0.1, -0.05) is 46.6 Å². The Hall–Kier alpha value is -3.83. The number of likely N-dealkylation sites (tertiary alicyclic amines) is 3. The minimum atomic E-state index is -0.538. The van der Waals surface area contributed by atoms with Crippen molar-refractivity contribution in [2.45, 2.75) is 96.1 Å². The van der Waals surface area contributed by atoms with Crippen molar-refractivity contribution in [1.82, 2.24) is 29.7 Å². The molecule has 13 heteroatoms. The molecule has 3 aromatic rings. The van der Waals surface area contributed by atoms with E-state index in [2.05, 4.69) is 10.3 Å². The summed E-state index contributed by atoms with van der Waals surface area (Å²) in [5.41, 5.74) is 1.59. The predicted molar refractivity (Wildman–Crippen MR) is 186 cm³/mol. The second kappa shape index (κ2) is 14.6. The van der Waals surface area contributed by atoms with Crippen LogP contribution in [0.5, 0.6) is 5.75 Å². The molecule has 262 valence electrons. The van der Waals surface area contributed by atoms with E-state index in [9.17, 15) is 14.4 Å². The zero-order chi connectivity index (χ0) is 34.9. The van der Waals surface area contributed by atoms with E-state index in [1.54, 1.807) is 33.8 Å². The standard InChI is InChI=1S/C36H44Cl2N6O5/c1-23-19-24(11-17-42(23)35(47)49-36(2,3)4)30-21-44(40-39-30)31-14-18-43(34(31)46)27-12-15-41(16-13-27)33(45)28-7-5-6-8-32(28)48-22-25-9-10-26(37)20-29(25)38/h5-10,20-21,23-24,27,31H,11-19,22H2,1-4H3. The number of para-hydroxylation sites is 1. The Kier molecular flexibility index (Phi) is 10.4. The minimum absolute atomic E-state index is 0.00886. The Morgan fingerprint density at radius 2 is 1.73 bits per heavy atom. The van der Waals surface area contributed by atoms with Crippen molar-refractivity contribution in [3.05, 3.63) is 75.5 Å². The van der Waals surface area contributed by atoms with Gasteiger partial charge < -0.3 is 24.2 Å². The molecule has 0 N–H and O–H groups in total. The molecule has 2 aromatic carbocycles. The van der Waals surface area contributed by atoms with E-state index in [4.69, 9.17) is 32.7 Å². The van der Waals surface area contributed by atoms with Crippen molar-refractivity contribution in [2.75, 3.05) is 26.2 Å². The Labute approximate surface area is 297 Å². The van der Waals surface area contributed by atoms with Crippen LogP contribution in [0.4, 0.5) is 4.79 Å². The van der Waals surface area contributed by atoms with Crippen LogP contribution in [-0.2, 0) is 16.1 Å². The normalized spacial score (nSPS) is 22.0. The highest BCUT2D eigenvalue weighted by molar-refractivity contribution is 6.35. The lowest BCUT2D eigenvalue weighted by Gasteiger charge is -2.37. The number of amides is 3. The fourth-order valence-electron chi connectivity index (χ4n) is 7.07. The van der Waals surface area contributed by atoms with Crippen LogP contribution in [0.2, 0.25) is 10.0 Å². The molecule has 0 saturated carbocycles. The van der Waals surface area contributed by atoms with E-state index < -0.39 is 11.6 Å². The molecular weight excluding hydrogens is 667 g/mol. The van der Waals surface area contributed by atoms with Crippen LogP contribution in [0, 0.1) is 0 Å². The number of nitrogens with zero attached hydrogens (tertiary/aromatic N) is 6. The molecule has 0 spiro atoms. The van der Waals surface area contributed by atoms with Gasteiger partial charge in [-0.2, -0.15) is 0 Å². The Bertz CT molecular complexity index is 1680. The predicted octanol–water partition coefficient (Wildman–Crippen LogP) is 6.75. The van der Waals surface area contributed by atoms with Gasteiger partial charge in [-0.05, 0) is 84.1 Å². The first-order valence-electron chi connectivity index (χ1n) is 17.0. The Balaban J connectivity index is 1.01. The Morgan fingerprint density at radius 3 is 2.45 bits per heavy atom. The largest absolute Gasteiger partial charge is 0.488 e. The lowest BCUT2D eigenvalue weighted by atomic mass is 9.89. The molecule has 3 saturated heterocycles. The molecule has 3 aliphatic heterocycles. The maximum atomic E-state index is 13.7. The second-order valence-corrected chi connectivity index (χ2v) is 15.1. The van der Waals surface area contributed by atoms with Gasteiger partial charge in [0.2, 0.25) is 5.91 Å². The SMILES string of the molecule is CC1CC(c2cn(C3CCN(C4CCN(C(=O)c5ccccc5OCc5ccc(Cl)cc5Cl)CC4)C3=O)nn2)CCN1C(=O)OC(C)(C)C. The van der Waals surface area contributed by atoms with Crippen LogP contribution in [0.1, 0.15) is 93.4 Å². The molecule has 3 amide bonds. The first kappa shape index (κ1) is 35.0. The van der Waals surface area contributed by atoms with E-state index in [-0.39, 0.29) is 42.5 Å². The number of carbonyl (C=O) groups excluding carboxylic acids is 3. The van der Waals surface area contributed by atoms with Gasteiger partial charge in [0.1, 0.15) is 24.0 Å². The number of benzene rings is 2. The van der Waals surface area contributed by atoms with E-state index >= 15 is 0 Å². The van der Waals surface area contributed by atoms with Crippen LogP contribution < -0.4 is 4.74 Å². The molecule has 4 heterocycles. The van der Waals surface area contributed by atoms with Crippen LogP contribution in [0.3, 0.4) is 0 Å². The number of aromatic nitrogens is 3. The van der Waals surface area contributed by atoms with Gasteiger partial charge >= 0.3 is 6.09 Å². The molecular formula is C36H44Cl2N6O5. The van der Waals surface area contributed by atoms with Crippen molar-refractivity contribution in [3.63, 3.8) is 0 Å². The summed E-state index contributed by atoms with van der Waals surface area (Å²) in [6.07, 6.45) is 5.20. The summed E-state index contributed by atoms with van der Waals surface area (Å²) in [4.78, 5) is 45.5. The number of halogens is 2. The average Bonchev–Trinajstić information content (AvgIpc) is 3.70. The molecule has 3 aliphatic rings. The van der Waals surface area contributed by atoms with E-state index in [1.807, 2.05) is 61.9 Å². The molecule has 3 unspecified atom stereocenters. The zero-order valence-corrected chi connectivity index (χ0v) is 30.0. The minimum Gasteiger partial charge on any atom is -0.488 e. The van der Waals surface area contributed by atoms with Crippen molar-refractivity contribution in [1.29, 1.82) is 0 Å². The highest BCUT2D eigenvalue weighted by Gasteiger charge is 2.40. The molecule has 0 bridgehead atoms. The van der Waals surface area contributed by atoms with Crippen LogP contribution >= 0.6 is 23.2 Å². The summed E-state index contributed by atoms with van der Waals surface area (Å²) < 4.78 is 13.3. The highest BCUT2D eigenvalue weighted by Crippen LogP contribution is 2.34. The van der Waals surface area contributed by atoms with Crippen molar-refractivity contribution < 1.29 is 23.9 Å². The third-order valence-electron chi connectivity index (χ3n) is 9.69. The molecule has 3 fully saturated rings. The van der Waals surface area contributed by atoms with Gasteiger partial charge in [0.05, 0.1) is 11.3 Å². The molecule has 6 rings (SSSR count). The topological polar surface area (TPSA) is 110 Å². The number of carbonyl (C=O) groups is 3. The molecule has 0 aliphatic carbocycles. The van der Waals surface area contributed by atoms with Gasteiger partial charge in [-0.15, -0.1) is 5.10 Å². The lowest BCUT2D eigenvalue weighted by molar-refractivity contribution is -0.133. The highest BCUT2D eigenvalue weighted by atomic mass is 35.5. The quantitative estimate of drug-likeness (QED) is 0.267. The van der Waals surface area contributed by atoms with Crippen molar-refractivity contribution >= 4 is 41.1 Å². The number of rotatable bonds is 7. The summed E-state index contributed by atoms with van der Waals surface area (Å²) in [5.74, 6) is 0.605. The van der Waals surface area contributed by atoms with Gasteiger partial charge in [0.25, 0.3) is 5.91 Å². The number of ether oxygens (including phenoxy) is 2. The summed E-state index contributed by atoms with van der Waals surface area (Å²) in [6, 6.07) is 12.1. The summed E-state index contributed by atoms with van der Waals surface area (Å²) in [7, 11) is 0. The smallest absolute Gasteiger partial charge is 0.410 e. The van der Waals surface area contributed by atoms with E-state index in [1.165, 1.54) is 0 Å². The molecule has 49 heavy (non-hydrogen) atoms. The Morgan fingerprint density at radius 1 is 0.980 bits per heavy atom. The molecule has 11 nitrogen and oxygen atoms in total. The van der Waals surface area contributed by atoms with Gasteiger partial charge in [-0.25, -0.2) is 9.48 Å². The fraction of sp³-hybridized carbons (Fsp3) is 0.528. The third-order valence-corrected chi connectivity index (χ3v) is 10.3. The first-order chi connectivity index (χ1) is 23.4. The number of hydrogen-bond acceptors (Lipinski definition) is 7. The summed E-state index contributed by atoms with van der Waals surface area (Å²) in [5, 5.41) is 9.91. The molecule has 3 atom stereocenters. The number of piperidine rings is 2. The molecule has 0 radical (unpaired) electrons. The number of hydrogen-bond donors (Lipinski definition) is 0. The van der Waals surface area contributed by atoms with Crippen LogP contribution in [-0.4, -0.2) is 91.5 Å². The summed E-state index contributed by atoms with van der Waals surface area (Å²) >= 11 is 12.3. The monoisotopic (exact) mass is 710 g/mol. The first-order valence-corrected chi connectivity index (χ1v) is 17.8. The van der Waals surface area contributed by atoms with E-state index in [0.717, 1.165) is 24.1 Å². The summed E-state index contributed by atoms with van der Waals surface area (Å²) in [6.45, 7) is 10.2. The second-order valence-electron chi connectivity index (χ2n) is 14.2. The zero-order valence-electron chi connectivity index (χ0n) is 28.5. The van der Waals surface area contributed by atoms with Crippen molar-refractivity contribution in [3.8, 4) is 5.75 Å². The lowest BCUT2D eigenvalue weighted by Crippen LogP contribution is -2.47. The van der Waals surface area contributed by atoms with Gasteiger partial charge in [0, 0.05) is 66.0 Å². The molecule has 1 aromatic heterocycles. The van der Waals surface area contributed by atoms with Crippen LogP contribution in [0.25, 0.3) is 0 Å². The van der Waals surface area contributed by atoms with E-state index in [0.29, 0.717) is 66.8 Å². The van der Waals surface area contributed by atoms with Gasteiger partial charge in [0.15, 0.2) is 0 Å². The average molecular weight is 712 g/mol. The third kappa shape index (κ3) is 7.99. The fourth-order valence-corrected chi connectivity index (χ4v) is 7.53. The maximum Gasteiger partial charge on any atom is 0.410 e. The van der Waals surface area contributed by atoms with Crippen LogP contribution in [0.15, 0.2) is 48.7 Å². The van der Waals surface area contributed by atoms with Gasteiger partial charge in [-0.3, -0.25) is 9.59 Å².